The quantitative estimate of drug-likeness (QED) is 0.748. The van der Waals surface area contributed by atoms with Crippen LogP contribution >= 0.6 is 0 Å². The molecule has 1 saturated carbocycles. The summed E-state index contributed by atoms with van der Waals surface area (Å²) in [7, 11) is 3.24. The number of aliphatic hydroxyl groups excluding tert-OH is 1. The Labute approximate surface area is 155 Å². The van der Waals surface area contributed by atoms with Gasteiger partial charge >= 0.3 is 0 Å². The van der Waals surface area contributed by atoms with E-state index in [-0.39, 0.29) is 31.0 Å². The highest BCUT2D eigenvalue weighted by Gasteiger charge is 2.48. The Kier molecular flexibility index (Phi) is 6.07. The molecule has 1 heterocycles. The van der Waals surface area contributed by atoms with E-state index in [1.54, 1.807) is 14.2 Å². The number of methoxy groups -OCH3 is 2. The molecule has 26 heavy (non-hydrogen) atoms. The van der Waals surface area contributed by atoms with Crippen LogP contribution in [-0.2, 0) is 20.8 Å². The van der Waals surface area contributed by atoms with Gasteiger partial charge in [0.1, 0.15) is 23.9 Å². The van der Waals surface area contributed by atoms with Gasteiger partial charge in [0.15, 0.2) is 6.79 Å². The SMILES string of the molecule is COCOc1cc(CO)cc2c1[C@@H]1C[C@@H](OCOC)CC[C@H]1C(C)(C)O2. The topological polar surface area (TPSA) is 66.4 Å². The normalized spacial score (nSPS) is 26.6. The minimum atomic E-state index is -0.281. The zero-order valence-corrected chi connectivity index (χ0v) is 16.1. The molecule has 3 atom stereocenters. The largest absolute Gasteiger partial charge is 0.487 e. The molecule has 0 saturated heterocycles. The van der Waals surface area contributed by atoms with Gasteiger partial charge in [-0.3, -0.25) is 0 Å². The third-order valence-electron chi connectivity index (χ3n) is 5.54. The Bertz CT molecular complexity index is 615. The van der Waals surface area contributed by atoms with Crippen molar-refractivity contribution in [1.82, 2.24) is 0 Å². The molecule has 3 rings (SSSR count). The van der Waals surface area contributed by atoms with Gasteiger partial charge in [-0.15, -0.1) is 0 Å². The van der Waals surface area contributed by atoms with Gasteiger partial charge in [0, 0.05) is 31.6 Å². The first-order valence-corrected chi connectivity index (χ1v) is 9.19. The lowest BCUT2D eigenvalue weighted by molar-refractivity contribution is -0.105. The molecule has 6 heteroatoms. The van der Waals surface area contributed by atoms with E-state index in [0.717, 1.165) is 41.9 Å². The van der Waals surface area contributed by atoms with Gasteiger partial charge in [0.25, 0.3) is 0 Å². The van der Waals surface area contributed by atoms with Crippen LogP contribution in [0.2, 0.25) is 0 Å². The first-order chi connectivity index (χ1) is 12.5. The molecule has 0 radical (unpaired) electrons. The summed E-state index contributed by atoms with van der Waals surface area (Å²) < 4.78 is 28.3. The summed E-state index contributed by atoms with van der Waals surface area (Å²) in [5.74, 6) is 2.17. The number of hydrogen-bond donors (Lipinski definition) is 1. The van der Waals surface area contributed by atoms with E-state index in [2.05, 4.69) is 13.8 Å². The van der Waals surface area contributed by atoms with Crippen LogP contribution < -0.4 is 9.47 Å². The highest BCUT2D eigenvalue weighted by atomic mass is 16.7. The molecule has 1 fully saturated rings. The summed E-state index contributed by atoms with van der Waals surface area (Å²) in [5, 5.41) is 9.61. The molecule has 1 N–H and O–H groups in total. The summed E-state index contributed by atoms with van der Waals surface area (Å²) in [6.07, 6.45) is 3.08. The highest BCUT2D eigenvalue weighted by Crippen LogP contribution is 2.55. The number of rotatable bonds is 7. The fraction of sp³-hybridized carbons (Fsp3) is 0.700. The first kappa shape index (κ1) is 19.4. The Balaban J connectivity index is 1.98. The second kappa shape index (κ2) is 8.13. The Morgan fingerprint density at radius 1 is 1.15 bits per heavy atom. The molecule has 0 bridgehead atoms. The molecular weight excluding hydrogens is 336 g/mol. The van der Waals surface area contributed by atoms with E-state index in [1.807, 2.05) is 12.1 Å². The molecule has 1 aliphatic heterocycles. The number of fused-ring (bicyclic) bond motifs is 3. The molecule has 1 aromatic rings. The maximum absolute atomic E-state index is 9.61. The molecule has 0 amide bonds. The molecule has 0 spiro atoms. The predicted molar refractivity (Wildman–Crippen MR) is 96.4 cm³/mol. The number of benzene rings is 1. The van der Waals surface area contributed by atoms with Crippen molar-refractivity contribution in [1.29, 1.82) is 0 Å². The Hall–Kier alpha value is -1.34. The van der Waals surface area contributed by atoms with Crippen LogP contribution in [0.3, 0.4) is 0 Å². The summed E-state index contributed by atoms with van der Waals surface area (Å²) in [6, 6.07) is 3.81. The third-order valence-corrected chi connectivity index (χ3v) is 5.54. The summed E-state index contributed by atoms with van der Waals surface area (Å²) in [6.45, 7) is 4.70. The van der Waals surface area contributed by atoms with Gasteiger partial charge in [-0.2, -0.15) is 0 Å². The molecular formula is C20H30O6. The van der Waals surface area contributed by atoms with Crippen molar-refractivity contribution >= 4 is 0 Å². The standard InChI is InChI=1S/C20H30O6/c1-20(2)16-6-5-14(24-11-22-3)9-15(16)19-17(25-12-23-4)7-13(10-21)8-18(19)26-20/h7-8,14-16,21H,5-6,9-12H2,1-4H3/t14-,15+,16+/m0/s1. The summed E-state index contributed by atoms with van der Waals surface area (Å²) in [5.41, 5.74) is 1.55. The van der Waals surface area contributed by atoms with Crippen LogP contribution in [0.15, 0.2) is 12.1 Å². The summed E-state index contributed by atoms with van der Waals surface area (Å²) >= 11 is 0. The molecule has 6 nitrogen and oxygen atoms in total. The van der Waals surface area contributed by atoms with Crippen molar-refractivity contribution in [3.8, 4) is 11.5 Å². The second-order valence-corrected chi connectivity index (χ2v) is 7.64. The number of hydrogen-bond acceptors (Lipinski definition) is 6. The average molecular weight is 366 g/mol. The lowest BCUT2D eigenvalue weighted by Crippen LogP contribution is -2.48. The van der Waals surface area contributed by atoms with E-state index in [9.17, 15) is 5.11 Å². The van der Waals surface area contributed by atoms with Crippen LogP contribution in [-0.4, -0.2) is 44.6 Å². The minimum absolute atomic E-state index is 0.0614. The molecule has 0 unspecified atom stereocenters. The van der Waals surface area contributed by atoms with Gasteiger partial charge in [-0.25, -0.2) is 0 Å². The van der Waals surface area contributed by atoms with Crippen molar-refractivity contribution in [2.75, 3.05) is 27.8 Å². The van der Waals surface area contributed by atoms with Crippen molar-refractivity contribution < 1.29 is 28.8 Å². The molecule has 0 aromatic heterocycles. The monoisotopic (exact) mass is 366 g/mol. The van der Waals surface area contributed by atoms with Gasteiger partial charge in [0.05, 0.1) is 12.7 Å². The lowest BCUT2D eigenvalue weighted by Gasteiger charge is -2.49. The maximum Gasteiger partial charge on any atom is 0.188 e. The van der Waals surface area contributed by atoms with Crippen LogP contribution in [0.5, 0.6) is 11.5 Å². The van der Waals surface area contributed by atoms with Gasteiger partial charge in [-0.1, -0.05) is 0 Å². The Morgan fingerprint density at radius 2 is 1.92 bits per heavy atom. The van der Waals surface area contributed by atoms with E-state index < -0.39 is 0 Å². The number of aliphatic hydroxyl groups is 1. The van der Waals surface area contributed by atoms with Crippen molar-refractivity contribution in [3.05, 3.63) is 23.3 Å². The fourth-order valence-corrected chi connectivity index (χ4v) is 4.40. The van der Waals surface area contributed by atoms with Crippen molar-refractivity contribution in [3.63, 3.8) is 0 Å². The van der Waals surface area contributed by atoms with Crippen LogP contribution in [0.4, 0.5) is 0 Å². The van der Waals surface area contributed by atoms with Crippen LogP contribution in [0.25, 0.3) is 0 Å². The maximum atomic E-state index is 9.61. The summed E-state index contributed by atoms with van der Waals surface area (Å²) in [4.78, 5) is 0. The van der Waals surface area contributed by atoms with Gasteiger partial charge < -0.3 is 28.8 Å². The molecule has 1 aromatic carbocycles. The Morgan fingerprint density at radius 3 is 2.62 bits per heavy atom. The smallest absolute Gasteiger partial charge is 0.188 e. The van der Waals surface area contributed by atoms with Crippen LogP contribution in [0, 0.1) is 5.92 Å². The third kappa shape index (κ3) is 3.83. The fourth-order valence-electron chi connectivity index (χ4n) is 4.40. The minimum Gasteiger partial charge on any atom is -0.487 e. The second-order valence-electron chi connectivity index (χ2n) is 7.64. The highest BCUT2D eigenvalue weighted by molar-refractivity contribution is 5.52. The van der Waals surface area contributed by atoms with E-state index >= 15 is 0 Å². The van der Waals surface area contributed by atoms with Crippen LogP contribution in [0.1, 0.15) is 50.2 Å². The van der Waals surface area contributed by atoms with E-state index in [1.165, 1.54) is 0 Å². The zero-order valence-electron chi connectivity index (χ0n) is 16.1. The zero-order chi connectivity index (χ0) is 18.7. The van der Waals surface area contributed by atoms with E-state index in [0.29, 0.717) is 12.7 Å². The van der Waals surface area contributed by atoms with E-state index in [4.69, 9.17) is 23.7 Å². The molecule has 146 valence electrons. The molecule has 1 aliphatic carbocycles. The van der Waals surface area contributed by atoms with Crippen molar-refractivity contribution in [2.24, 2.45) is 5.92 Å². The average Bonchev–Trinajstić information content (AvgIpc) is 2.63. The molecule has 2 aliphatic rings. The number of ether oxygens (including phenoxy) is 5. The lowest BCUT2D eigenvalue weighted by atomic mass is 9.66. The van der Waals surface area contributed by atoms with Gasteiger partial charge in [0.2, 0.25) is 0 Å². The van der Waals surface area contributed by atoms with Gasteiger partial charge in [-0.05, 0) is 50.8 Å². The van der Waals surface area contributed by atoms with Crippen molar-refractivity contribution in [2.45, 2.75) is 57.3 Å². The first-order valence-electron chi connectivity index (χ1n) is 9.19. The predicted octanol–water partition coefficient (Wildman–Crippen LogP) is 3.21.